The number of hydrogen-bond acceptors (Lipinski definition) is 13. The van der Waals surface area contributed by atoms with Gasteiger partial charge in [-0.25, -0.2) is 9.44 Å². The highest BCUT2D eigenvalue weighted by Gasteiger charge is 2.56. The number of ether oxygens (including phenoxy) is 5. The molecule has 0 aromatic carbocycles. The predicted molar refractivity (Wildman–Crippen MR) is 86.5 cm³/mol. The summed E-state index contributed by atoms with van der Waals surface area (Å²) < 4.78 is 63.6. The van der Waals surface area contributed by atoms with Crippen molar-refractivity contribution >= 4 is 10.4 Å². The summed E-state index contributed by atoms with van der Waals surface area (Å²) in [5.74, 6) is 0. The normalized spacial score (nSPS) is 45.4. The van der Waals surface area contributed by atoms with Gasteiger partial charge in [0.25, 0.3) is 0 Å². The topological polar surface area (TPSA) is 189 Å². The molecule has 3 fully saturated rings. The summed E-state index contributed by atoms with van der Waals surface area (Å²) in [5, 5.41) is 32.3. The standard InChI is InChI=1S/C14H24O14S/c1-5-9(27-29(18,19)20)13-10(7(23-5)4-22-13)25-14-8(16)12(21-2)11(26-28-17)6(3-15)24-14/h5-17H,3-4H2,1-2H3,(H,18,19,20). The van der Waals surface area contributed by atoms with Gasteiger partial charge >= 0.3 is 10.4 Å². The van der Waals surface area contributed by atoms with Crippen molar-refractivity contribution in [2.45, 2.75) is 68.1 Å². The fraction of sp³-hybridized carbons (Fsp3) is 1.00. The number of aliphatic hydroxyl groups excluding tert-OH is 2. The Balaban J connectivity index is 1.76. The Bertz CT molecular complexity index is 644. The summed E-state index contributed by atoms with van der Waals surface area (Å²) in [7, 11) is -3.53. The molecule has 0 aromatic rings. The average Bonchev–Trinajstić information content (AvgIpc) is 2.95. The van der Waals surface area contributed by atoms with E-state index in [4.69, 9.17) is 33.5 Å². The molecule has 3 aliphatic rings. The van der Waals surface area contributed by atoms with E-state index >= 15 is 0 Å². The maximum Gasteiger partial charge on any atom is 0.397 e. The molecule has 10 unspecified atom stereocenters. The van der Waals surface area contributed by atoms with Crippen LogP contribution in [-0.4, -0.2) is 110 Å². The van der Waals surface area contributed by atoms with E-state index in [2.05, 4.69) is 14.1 Å². The van der Waals surface area contributed by atoms with Gasteiger partial charge in [-0.15, -0.1) is 0 Å². The molecule has 10 atom stereocenters. The molecule has 4 N–H and O–H groups in total. The molecule has 3 aliphatic heterocycles. The smallest absolute Gasteiger partial charge is 0.394 e. The van der Waals surface area contributed by atoms with E-state index in [1.807, 2.05) is 0 Å². The molecule has 29 heavy (non-hydrogen) atoms. The van der Waals surface area contributed by atoms with Crippen molar-refractivity contribution in [1.29, 1.82) is 0 Å². The fourth-order valence-corrected chi connectivity index (χ4v) is 4.36. The Morgan fingerprint density at radius 2 is 1.86 bits per heavy atom. The third-order valence-electron chi connectivity index (χ3n) is 5.06. The summed E-state index contributed by atoms with van der Waals surface area (Å²) in [6, 6.07) is 0. The third kappa shape index (κ3) is 4.87. The van der Waals surface area contributed by atoms with Crippen LogP contribution >= 0.6 is 0 Å². The number of methoxy groups -OCH3 is 1. The van der Waals surface area contributed by atoms with Crippen LogP contribution in [0.5, 0.6) is 0 Å². The van der Waals surface area contributed by atoms with Crippen LogP contribution in [0.3, 0.4) is 0 Å². The van der Waals surface area contributed by atoms with Crippen LogP contribution in [0.25, 0.3) is 0 Å². The average molecular weight is 448 g/mol. The lowest BCUT2D eigenvalue weighted by atomic mass is 9.96. The minimum Gasteiger partial charge on any atom is -0.394 e. The van der Waals surface area contributed by atoms with Gasteiger partial charge in [-0.2, -0.15) is 13.3 Å². The molecule has 2 bridgehead atoms. The maximum absolute atomic E-state index is 11.2. The van der Waals surface area contributed by atoms with Crippen LogP contribution in [0.15, 0.2) is 0 Å². The Kier molecular flexibility index (Phi) is 7.43. The highest BCUT2D eigenvalue weighted by Crippen LogP contribution is 2.36. The second-order valence-electron chi connectivity index (χ2n) is 6.82. The minimum atomic E-state index is -4.79. The summed E-state index contributed by atoms with van der Waals surface area (Å²) in [5.41, 5.74) is 0. The first-order valence-corrected chi connectivity index (χ1v) is 10.1. The summed E-state index contributed by atoms with van der Waals surface area (Å²) in [6.07, 6.45) is -10.7. The van der Waals surface area contributed by atoms with Crippen LogP contribution in [0.2, 0.25) is 0 Å². The van der Waals surface area contributed by atoms with Gasteiger partial charge < -0.3 is 33.9 Å². The number of fused-ring (bicyclic) bond motifs is 2. The van der Waals surface area contributed by atoms with Crippen molar-refractivity contribution in [1.82, 2.24) is 0 Å². The third-order valence-corrected chi connectivity index (χ3v) is 5.53. The lowest BCUT2D eigenvalue weighted by Crippen LogP contribution is -2.63. The molecular weight excluding hydrogens is 424 g/mol. The second kappa shape index (κ2) is 9.31. The Labute approximate surface area is 165 Å². The van der Waals surface area contributed by atoms with Gasteiger partial charge in [-0.3, -0.25) is 4.55 Å². The van der Waals surface area contributed by atoms with Crippen LogP contribution in [0.4, 0.5) is 0 Å². The van der Waals surface area contributed by atoms with E-state index < -0.39 is 78.2 Å². The molecule has 0 radical (unpaired) electrons. The van der Waals surface area contributed by atoms with Gasteiger partial charge in [-0.05, 0) is 6.92 Å². The molecule has 14 nitrogen and oxygen atoms in total. The zero-order chi connectivity index (χ0) is 21.3. The Morgan fingerprint density at radius 3 is 2.45 bits per heavy atom. The van der Waals surface area contributed by atoms with E-state index in [1.54, 1.807) is 6.92 Å². The number of aliphatic hydroxyl groups is 2. The predicted octanol–water partition coefficient (Wildman–Crippen LogP) is -2.37. The van der Waals surface area contributed by atoms with Crippen molar-refractivity contribution in [3.8, 4) is 0 Å². The molecule has 0 amide bonds. The van der Waals surface area contributed by atoms with Gasteiger partial charge in [0.05, 0.1) is 19.3 Å². The van der Waals surface area contributed by atoms with E-state index in [-0.39, 0.29) is 6.61 Å². The monoisotopic (exact) mass is 448 g/mol. The molecule has 3 heterocycles. The van der Waals surface area contributed by atoms with E-state index in [9.17, 15) is 18.6 Å². The number of hydrogen-bond donors (Lipinski definition) is 4. The van der Waals surface area contributed by atoms with Gasteiger partial charge in [-0.1, -0.05) is 5.04 Å². The second-order valence-corrected chi connectivity index (χ2v) is 7.87. The Morgan fingerprint density at radius 1 is 1.14 bits per heavy atom. The van der Waals surface area contributed by atoms with Gasteiger partial charge in [0, 0.05) is 7.11 Å². The largest absolute Gasteiger partial charge is 0.397 e. The first-order chi connectivity index (χ1) is 13.7. The van der Waals surface area contributed by atoms with Crippen LogP contribution in [0, 0.1) is 0 Å². The van der Waals surface area contributed by atoms with Crippen molar-refractivity contribution in [2.24, 2.45) is 0 Å². The van der Waals surface area contributed by atoms with Crippen LogP contribution in [-0.2, 0) is 48.2 Å². The van der Waals surface area contributed by atoms with E-state index in [0.29, 0.717) is 0 Å². The van der Waals surface area contributed by atoms with E-state index in [1.165, 1.54) is 7.11 Å². The zero-order valence-corrected chi connectivity index (χ0v) is 16.3. The van der Waals surface area contributed by atoms with Crippen molar-refractivity contribution in [3.63, 3.8) is 0 Å². The maximum atomic E-state index is 11.2. The molecule has 0 spiro atoms. The van der Waals surface area contributed by atoms with Gasteiger partial charge in [0.15, 0.2) is 12.4 Å². The summed E-state index contributed by atoms with van der Waals surface area (Å²) in [4.78, 5) is 4.61. The molecule has 0 saturated carbocycles. The quantitative estimate of drug-likeness (QED) is 0.175. The fourth-order valence-electron chi connectivity index (χ4n) is 3.81. The van der Waals surface area contributed by atoms with Crippen LogP contribution in [0.1, 0.15) is 6.92 Å². The highest BCUT2D eigenvalue weighted by molar-refractivity contribution is 7.80. The molecule has 170 valence electrons. The van der Waals surface area contributed by atoms with Crippen molar-refractivity contribution in [3.05, 3.63) is 0 Å². The van der Waals surface area contributed by atoms with E-state index in [0.717, 1.165) is 0 Å². The number of rotatable bonds is 8. The highest BCUT2D eigenvalue weighted by atomic mass is 32.3. The lowest BCUT2D eigenvalue weighted by Gasteiger charge is -2.45. The van der Waals surface area contributed by atoms with Crippen LogP contribution < -0.4 is 0 Å². The first kappa shape index (κ1) is 23.1. The Hall–Kier alpha value is -0.530. The lowest BCUT2D eigenvalue weighted by molar-refractivity contribution is -0.527. The molecule has 0 aromatic heterocycles. The van der Waals surface area contributed by atoms with Crippen molar-refractivity contribution in [2.75, 3.05) is 20.3 Å². The summed E-state index contributed by atoms with van der Waals surface area (Å²) in [6.45, 7) is 1.01. The van der Waals surface area contributed by atoms with Crippen molar-refractivity contribution < 1.29 is 66.2 Å². The molecule has 3 rings (SSSR count). The molecular formula is C14H24O14S. The zero-order valence-electron chi connectivity index (χ0n) is 15.5. The minimum absolute atomic E-state index is 0.0506. The molecule has 15 heteroatoms. The van der Waals surface area contributed by atoms with Gasteiger partial charge in [0.1, 0.15) is 42.7 Å². The summed E-state index contributed by atoms with van der Waals surface area (Å²) >= 11 is 0. The van der Waals surface area contributed by atoms with Gasteiger partial charge in [0.2, 0.25) is 0 Å². The molecule has 0 aliphatic carbocycles. The first-order valence-electron chi connectivity index (χ1n) is 8.72. The molecule has 3 saturated heterocycles. The SMILES string of the molecule is COC1C(O)C(OC2C3COC2C(OS(=O)(=O)O)C(C)O3)OC(CO)C1OOO.